The summed E-state index contributed by atoms with van der Waals surface area (Å²) in [5.74, 6) is 0.768. The fraction of sp³-hybridized carbons (Fsp3) is 0.500. The second-order valence-electron chi connectivity index (χ2n) is 4.75. The lowest BCUT2D eigenvalue weighted by Gasteiger charge is -2.23. The zero-order valence-electron chi connectivity index (χ0n) is 10.5. The Kier molecular flexibility index (Phi) is 3.49. The number of benzene rings is 1. The topological polar surface area (TPSA) is 89.4 Å². The van der Waals surface area contributed by atoms with Gasteiger partial charge in [0.05, 0.1) is 5.69 Å². The summed E-state index contributed by atoms with van der Waals surface area (Å²) in [6.07, 6.45) is 2.56. The average molecular weight is 269 g/mol. The van der Waals surface area contributed by atoms with Crippen LogP contribution in [0, 0.1) is 5.92 Å². The predicted molar refractivity (Wildman–Crippen MR) is 72.8 cm³/mol. The van der Waals surface area contributed by atoms with Crippen LogP contribution < -0.4 is 15.8 Å². The zero-order valence-corrected chi connectivity index (χ0v) is 11.3. The molecule has 6 heteroatoms. The van der Waals surface area contributed by atoms with Crippen LogP contribution in [0.25, 0.3) is 0 Å². The van der Waals surface area contributed by atoms with E-state index < -0.39 is 10.0 Å². The first-order valence-electron chi connectivity index (χ1n) is 6.09. The molecule has 1 aliphatic rings. The highest BCUT2D eigenvalue weighted by molar-refractivity contribution is 7.89. The summed E-state index contributed by atoms with van der Waals surface area (Å²) in [5.41, 5.74) is 6.93. The highest BCUT2D eigenvalue weighted by Crippen LogP contribution is 2.32. The van der Waals surface area contributed by atoms with E-state index in [1.165, 1.54) is 18.9 Å². The molecule has 0 amide bonds. The third-order valence-electron chi connectivity index (χ3n) is 3.22. The first-order valence-corrected chi connectivity index (χ1v) is 7.63. The van der Waals surface area contributed by atoms with Gasteiger partial charge in [-0.15, -0.1) is 0 Å². The molecule has 1 fully saturated rings. The van der Waals surface area contributed by atoms with Crippen molar-refractivity contribution in [3.8, 4) is 0 Å². The molecule has 0 aliphatic heterocycles. The van der Waals surface area contributed by atoms with Crippen LogP contribution in [0.5, 0.6) is 0 Å². The highest BCUT2D eigenvalue weighted by Gasteiger charge is 2.24. The molecule has 1 aromatic carbocycles. The lowest BCUT2D eigenvalue weighted by Crippen LogP contribution is -2.25. The van der Waals surface area contributed by atoms with E-state index in [1.807, 2.05) is 0 Å². The maximum absolute atomic E-state index is 11.3. The van der Waals surface area contributed by atoms with E-state index in [-0.39, 0.29) is 10.6 Å². The first kappa shape index (κ1) is 13.2. The van der Waals surface area contributed by atoms with Crippen LogP contribution in [-0.2, 0) is 10.0 Å². The van der Waals surface area contributed by atoms with Crippen molar-refractivity contribution in [1.29, 1.82) is 0 Å². The Hall–Kier alpha value is -1.27. The van der Waals surface area contributed by atoms with Crippen LogP contribution >= 0.6 is 0 Å². The van der Waals surface area contributed by atoms with Crippen molar-refractivity contribution in [2.75, 3.05) is 23.7 Å². The lowest BCUT2D eigenvalue weighted by atomic mass is 10.2. The number of hydrogen-bond donors (Lipinski definition) is 2. The van der Waals surface area contributed by atoms with Gasteiger partial charge in [-0.3, -0.25) is 0 Å². The van der Waals surface area contributed by atoms with Gasteiger partial charge >= 0.3 is 0 Å². The van der Waals surface area contributed by atoms with Crippen molar-refractivity contribution in [3.05, 3.63) is 18.2 Å². The molecule has 2 rings (SSSR count). The summed E-state index contributed by atoms with van der Waals surface area (Å²) < 4.78 is 22.6. The summed E-state index contributed by atoms with van der Waals surface area (Å²) >= 11 is 0. The average Bonchev–Trinajstić information content (AvgIpc) is 3.07. The largest absolute Gasteiger partial charge is 0.398 e. The van der Waals surface area contributed by atoms with Gasteiger partial charge in [-0.1, -0.05) is 0 Å². The zero-order chi connectivity index (χ0) is 13.3. The van der Waals surface area contributed by atoms with E-state index in [4.69, 9.17) is 10.9 Å². The van der Waals surface area contributed by atoms with Crippen LogP contribution in [0.15, 0.2) is 23.1 Å². The predicted octanol–water partition coefficient (Wildman–Crippen LogP) is 1.15. The van der Waals surface area contributed by atoms with E-state index in [9.17, 15) is 8.42 Å². The second-order valence-corrected chi connectivity index (χ2v) is 6.28. The smallest absolute Gasteiger partial charge is 0.240 e. The minimum Gasteiger partial charge on any atom is -0.398 e. The molecule has 1 aromatic rings. The van der Waals surface area contributed by atoms with Gasteiger partial charge in [-0.05, 0) is 43.9 Å². The number of nitrogens with zero attached hydrogens (tertiary/aromatic N) is 1. The van der Waals surface area contributed by atoms with Gasteiger partial charge in [0.1, 0.15) is 4.90 Å². The molecule has 0 unspecified atom stereocenters. The van der Waals surface area contributed by atoms with Crippen LogP contribution in [-0.4, -0.2) is 21.5 Å². The summed E-state index contributed by atoms with van der Waals surface area (Å²) in [5, 5.41) is 5.09. The maximum Gasteiger partial charge on any atom is 0.240 e. The lowest BCUT2D eigenvalue weighted by molar-refractivity contribution is 0.598. The van der Waals surface area contributed by atoms with E-state index in [1.54, 1.807) is 12.1 Å². The summed E-state index contributed by atoms with van der Waals surface area (Å²) in [6, 6.07) is 4.93. The maximum atomic E-state index is 11.3. The molecule has 5 nitrogen and oxygen atoms in total. The molecule has 0 spiro atoms. The third-order valence-corrected chi connectivity index (χ3v) is 4.21. The normalized spacial score (nSPS) is 15.7. The molecular weight excluding hydrogens is 250 g/mol. The van der Waals surface area contributed by atoms with Gasteiger partial charge in [0.15, 0.2) is 0 Å². The van der Waals surface area contributed by atoms with Gasteiger partial charge in [-0.2, -0.15) is 0 Å². The minimum absolute atomic E-state index is 0.00581. The number of primary sulfonamides is 1. The number of nitrogen functional groups attached to an aromatic ring is 1. The number of hydrogen-bond acceptors (Lipinski definition) is 4. The molecule has 0 radical (unpaired) electrons. The van der Waals surface area contributed by atoms with Crippen molar-refractivity contribution in [2.45, 2.75) is 24.7 Å². The molecular formula is C12H19N3O2S. The van der Waals surface area contributed by atoms with E-state index in [0.29, 0.717) is 0 Å². The fourth-order valence-corrected chi connectivity index (χ4v) is 2.67. The standard InChI is InChI=1S/C12H19N3O2S/c1-2-15(8-9-3-4-9)10-5-6-12(11(13)7-10)18(14,16)17/h5-7,9H,2-4,8,13H2,1H3,(H2,14,16,17). The Bertz CT molecular complexity index is 538. The Morgan fingerprint density at radius 1 is 1.39 bits per heavy atom. The Balaban J connectivity index is 2.26. The fourth-order valence-electron chi connectivity index (χ4n) is 2.02. The third kappa shape index (κ3) is 2.94. The SMILES string of the molecule is CCN(CC1CC1)c1ccc(S(N)(=O)=O)c(N)c1. The Morgan fingerprint density at radius 3 is 2.50 bits per heavy atom. The van der Waals surface area contributed by atoms with Gasteiger partial charge < -0.3 is 10.6 Å². The van der Waals surface area contributed by atoms with Crippen LogP contribution in [0.2, 0.25) is 0 Å². The van der Waals surface area contributed by atoms with Crippen molar-refractivity contribution < 1.29 is 8.42 Å². The quantitative estimate of drug-likeness (QED) is 0.785. The van der Waals surface area contributed by atoms with Gasteiger partial charge in [0, 0.05) is 18.8 Å². The number of rotatable bonds is 5. The molecule has 4 N–H and O–H groups in total. The van der Waals surface area contributed by atoms with Crippen molar-refractivity contribution in [1.82, 2.24) is 0 Å². The monoisotopic (exact) mass is 269 g/mol. The highest BCUT2D eigenvalue weighted by atomic mass is 32.2. The molecule has 1 aliphatic carbocycles. The van der Waals surface area contributed by atoms with Gasteiger partial charge in [-0.25, -0.2) is 13.6 Å². The molecule has 0 aromatic heterocycles. The van der Waals surface area contributed by atoms with Gasteiger partial charge in [0.25, 0.3) is 0 Å². The minimum atomic E-state index is -3.74. The molecule has 0 saturated heterocycles. The molecule has 100 valence electrons. The van der Waals surface area contributed by atoms with E-state index in [2.05, 4.69) is 11.8 Å². The van der Waals surface area contributed by atoms with Crippen molar-refractivity contribution in [3.63, 3.8) is 0 Å². The Labute approximate surface area is 108 Å². The molecule has 0 bridgehead atoms. The second kappa shape index (κ2) is 4.78. The van der Waals surface area contributed by atoms with Crippen LogP contribution in [0.4, 0.5) is 11.4 Å². The summed E-state index contributed by atoms with van der Waals surface area (Å²) in [4.78, 5) is 2.20. The van der Waals surface area contributed by atoms with Crippen LogP contribution in [0.3, 0.4) is 0 Å². The van der Waals surface area contributed by atoms with Gasteiger partial charge in [0.2, 0.25) is 10.0 Å². The molecule has 1 saturated carbocycles. The number of nitrogens with two attached hydrogens (primary N) is 2. The van der Waals surface area contributed by atoms with Crippen LogP contribution in [0.1, 0.15) is 19.8 Å². The number of sulfonamides is 1. The molecule has 18 heavy (non-hydrogen) atoms. The summed E-state index contributed by atoms with van der Waals surface area (Å²) in [7, 11) is -3.74. The van der Waals surface area contributed by atoms with E-state index in [0.717, 1.165) is 24.7 Å². The first-order chi connectivity index (χ1) is 8.41. The van der Waals surface area contributed by atoms with Crippen molar-refractivity contribution in [2.24, 2.45) is 11.1 Å². The Morgan fingerprint density at radius 2 is 2.06 bits per heavy atom. The number of anilines is 2. The van der Waals surface area contributed by atoms with E-state index >= 15 is 0 Å². The molecule has 0 heterocycles. The molecule has 0 atom stereocenters. The summed E-state index contributed by atoms with van der Waals surface area (Å²) in [6.45, 7) is 3.96. The van der Waals surface area contributed by atoms with Crippen molar-refractivity contribution >= 4 is 21.4 Å².